The zero-order valence-corrected chi connectivity index (χ0v) is 11.3. The number of hydrogen-bond acceptors (Lipinski definition) is 5. The summed E-state index contributed by atoms with van der Waals surface area (Å²) < 4.78 is 5.50. The van der Waals surface area contributed by atoms with E-state index in [1.54, 1.807) is 11.8 Å². The second-order valence-electron chi connectivity index (χ2n) is 3.75. The molecule has 0 bridgehead atoms. The second-order valence-corrected chi connectivity index (χ2v) is 4.63. The Morgan fingerprint density at radius 3 is 2.83 bits per heavy atom. The van der Waals surface area contributed by atoms with E-state index >= 15 is 0 Å². The standard InChI is InChI=1S/C13H16N2O2S/c1-3-12-14-11-5-4-9(18-2)8-10(11)13(15-12)17-7-6-16/h4-5,8,16H,3,6-7H2,1-2H3. The molecule has 0 aliphatic heterocycles. The average molecular weight is 264 g/mol. The van der Waals surface area contributed by atoms with Crippen molar-refractivity contribution in [1.82, 2.24) is 9.97 Å². The number of ether oxygens (including phenoxy) is 1. The highest BCUT2D eigenvalue weighted by Crippen LogP contribution is 2.27. The van der Waals surface area contributed by atoms with Crippen LogP contribution >= 0.6 is 11.8 Å². The van der Waals surface area contributed by atoms with Crippen molar-refractivity contribution in [2.45, 2.75) is 18.2 Å². The third-order valence-electron chi connectivity index (χ3n) is 2.56. The van der Waals surface area contributed by atoms with Crippen LogP contribution < -0.4 is 4.74 Å². The van der Waals surface area contributed by atoms with Crippen LogP contribution in [0, 0.1) is 0 Å². The molecule has 18 heavy (non-hydrogen) atoms. The Labute approximate surface area is 110 Å². The van der Waals surface area contributed by atoms with Crippen LogP contribution in [-0.2, 0) is 6.42 Å². The van der Waals surface area contributed by atoms with Crippen LogP contribution in [0.4, 0.5) is 0 Å². The van der Waals surface area contributed by atoms with E-state index in [2.05, 4.69) is 9.97 Å². The van der Waals surface area contributed by atoms with Gasteiger partial charge in [-0.3, -0.25) is 0 Å². The van der Waals surface area contributed by atoms with E-state index < -0.39 is 0 Å². The maximum Gasteiger partial charge on any atom is 0.224 e. The van der Waals surface area contributed by atoms with Gasteiger partial charge in [-0.25, -0.2) is 4.98 Å². The summed E-state index contributed by atoms with van der Waals surface area (Å²) in [6, 6.07) is 6.04. The van der Waals surface area contributed by atoms with Crippen molar-refractivity contribution in [1.29, 1.82) is 0 Å². The fourth-order valence-corrected chi connectivity index (χ4v) is 2.10. The Hall–Kier alpha value is -1.33. The Morgan fingerprint density at radius 1 is 1.33 bits per heavy atom. The first-order valence-electron chi connectivity index (χ1n) is 5.86. The quantitative estimate of drug-likeness (QED) is 0.840. The molecular formula is C13H16N2O2S. The monoisotopic (exact) mass is 264 g/mol. The zero-order chi connectivity index (χ0) is 13.0. The number of thioether (sulfide) groups is 1. The van der Waals surface area contributed by atoms with Gasteiger partial charge in [0, 0.05) is 11.3 Å². The van der Waals surface area contributed by atoms with Gasteiger partial charge >= 0.3 is 0 Å². The number of benzene rings is 1. The number of aromatic nitrogens is 2. The van der Waals surface area contributed by atoms with Crippen LogP contribution in [0.3, 0.4) is 0 Å². The maximum absolute atomic E-state index is 8.85. The summed E-state index contributed by atoms with van der Waals surface area (Å²) in [5.41, 5.74) is 0.882. The molecule has 0 unspecified atom stereocenters. The molecule has 0 spiro atoms. The molecule has 4 nitrogen and oxygen atoms in total. The van der Waals surface area contributed by atoms with Crippen molar-refractivity contribution < 1.29 is 9.84 Å². The van der Waals surface area contributed by atoms with Crippen LogP contribution in [-0.4, -0.2) is 34.5 Å². The fraction of sp³-hybridized carbons (Fsp3) is 0.385. The van der Waals surface area contributed by atoms with Crippen molar-refractivity contribution in [3.63, 3.8) is 0 Å². The van der Waals surface area contributed by atoms with Gasteiger partial charge in [0.25, 0.3) is 0 Å². The number of aryl methyl sites for hydroxylation is 1. The van der Waals surface area contributed by atoms with Crippen LogP contribution in [0.15, 0.2) is 23.1 Å². The molecule has 1 aromatic heterocycles. The molecule has 0 aliphatic rings. The Balaban J connectivity index is 2.54. The minimum Gasteiger partial charge on any atom is -0.475 e. The van der Waals surface area contributed by atoms with Crippen LogP contribution in [0.25, 0.3) is 10.9 Å². The molecule has 0 saturated heterocycles. The lowest BCUT2D eigenvalue weighted by Gasteiger charge is -2.09. The summed E-state index contributed by atoms with van der Waals surface area (Å²) in [4.78, 5) is 10.00. The van der Waals surface area contributed by atoms with E-state index in [4.69, 9.17) is 9.84 Å². The van der Waals surface area contributed by atoms with Gasteiger partial charge in [0.15, 0.2) is 0 Å². The molecule has 0 fully saturated rings. The highest BCUT2D eigenvalue weighted by atomic mass is 32.2. The molecule has 1 N–H and O–H groups in total. The number of rotatable bonds is 5. The van der Waals surface area contributed by atoms with Crippen LogP contribution in [0.5, 0.6) is 5.88 Å². The Morgan fingerprint density at radius 2 is 2.17 bits per heavy atom. The topological polar surface area (TPSA) is 55.2 Å². The van der Waals surface area contributed by atoms with Crippen molar-refractivity contribution in [2.75, 3.05) is 19.5 Å². The summed E-state index contributed by atoms with van der Waals surface area (Å²) in [5.74, 6) is 1.31. The van der Waals surface area contributed by atoms with Gasteiger partial charge in [-0.1, -0.05) is 6.92 Å². The lowest BCUT2D eigenvalue weighted by molar-refractivity contribution is 0.198. The van der Waals surface area contributed by atoms with Gasteiger partial charge in [-0.2, -0.15) is 4.98 Å². The smallest absolute Gasteiger partial charge is 0.224 e. The molecule has 0 radical (unpaired) electrons. The molecule has 1 aromatic carbocycles. The van der Waals surface area contributed by atoms with E-state index in [-0.39, 0.29) is 13.2 Å². The highest BCUT2D eigenvalue weighted by molar-refractivity contribution is 7.98. The lowest BCUT2D eigenvalue weighted by atomic mass is 10.2. The third-order valence-corrected chi connectivity index (χ3v) is 3.29. The van der Waals surface area contributed by atoms with E-state index in [0.717, 1.165) is 28.0 Å². The molecule has 5 heteroatoms. The van der Waals surface area contributed by atoms with Gasteiger partial charge in [0.05, 0.1) is 17.5 Å². The molecule has 0 amide bonds. The maximum atomic E-state index is 8.85. The second kappa shape index (κ2) is 6.02. The molecule has 0 saturated carbocycles. The first kappa shape index (κ1) is 13.1. The molecule has 0 aliphatic carbocycles. The first-order valence-corrected chi connectivity index (χ1v) is 7.09. The molecular weight excluding hydrogens is 248 g/mol. The Kier molecular flexibility index (Phi) is 4.38. The number of nitrogens with zero attached hydrogens (tertiary/aromatic N) is 2. The molecule has 2 aromatic rings. The number of fused-ring (bicyclic) bond motifs is 1. The fourth-order valence-electron chi connectivity index (χ4n) is 1.66. The molecule has 0 atom stereocenters. The van der Waals surface area contributed by atoms with Crippen molar-refractivity contribution in [2.24, 2.45) is 0 Å². The Bertz CT molecular complexity index is 546. The van der Waals surface area contributed by atoms with Gasteiger partial charge < -0.3 is 9.84 Å². The summed E-state index contributed by atoms with van der Waals surface area (Å²) in [6.45, 7) is 2.24. The summed E-state index contributed by atoms with van der Waals surface area (Å²) >= 11 is 1.67. The largest absolute Gasteiger partial charge is 0.475 e. The third kappa shape index (κ3) is 2.73. The minimum atomic E-state index is -0.0187. The minimum absolute atomic E-state index is 0.0187. The summed E-state index contributed by atoms with van der Waals surface area (Å²) in [7, 11) is 0. The average Bonchev–Trinajstić information content (AvgIpc) is 2.43. The summed E-state index contributed by atoms with van der Waals surface area (Å²) in [5, 5.41) is 9.75. The normalized spacial score (nSPS) is 10.8. The van der Waals surface area contributed by atoms with Crippen LogP contribution in [0.1, 0.15) is 12.7 Å². The van der Waals surface area contributed by atoms with Crippen molar-refractivity contribution in [3.05, 3.63) is 24.0 Å². The molecule has 1 heterocycles. The van der Waals surface area contributed by atoms with Gasteiger partial charge in [0.2, 0.25) is 5.88 Å². The molecule has 2 rings (SSSR count). The predicted molar refractivity (Wildman–Crippen MR) is 73.3 cm³/mol. The van der Waals surface area contributed by atoms with Crippen molar-refractivity contribution >= 4 is 22.7 Å². The lowest BCUT2D eigenvalue weighted by Crippen LogP contribution is -2.06. The van der Waals surface area contributed by atoms with Crippen LogP contribution in [0.2, 0.25) is 0 Å². The van der Waals surface area contributed by atoms with Gasteiger partial charge in [-0.05, 0) is 24.5 Å². The number of aliphatic hydroxyl groups is 1. The first-order chi connectivity index (χ1) is 8.78. The van der Waals surface area contributed by atoms with Gasteiger partial charge in [-0.15, -0.1) is 11.8 Å². The SMILES string of the molecule is CCc1nc(OCCO)c2cc(SC)ccc2n1. The molecule has 96 valence electrons. The van der Waals surface area contributed by atoms with E-state index in [9.17, 15) is 0 Å². The van der Waals surface area contributed by atoms with E-state index in [0.29, 0.717) is 5.88 Å². The highest BCUT2D eigenvalue weighted by Gasteiger charge is 2.08. The zero-order valence-electron chi connectivity index (χ0n) is 10.5. The number of hydrogen-bond donors (Lipinski definition) is 1. The summed E-state index contributed by atoms with van der Waals surface area (Å²) in [6.07, 6.45) is 2.78. The number of aliphatic hydroxyl groups excluding tert-OH is 1. The van der Waals surface area contributed by atoms with Gasteiger partial charge in [0.1, 0.15) is 12.4 Å². The van der Waals surface area contributed by atoms with Crippen molar-refractivity contribution in [3.8, 4) is 5.88 Å². The van der Waals surface area contributed by atoms with E-state index in [1.807, 2.05) is 31.4 Å². The van der Waals surface area contributed by atoms with E-state index in [1.165, 1.54) is 0 Å². The predicted octanol–water partition coefficient (Wildman–Crippen LogP) is 2.29.